The standard InChI is InChI=1S/C22H26N4O5S/c23-15-22(10-4-1-5-11-22)24-19(27)14-31-21(28)16-8-12-26(13-9-16)20-17-6-2-3-7-18(17)32(29,30)25-20/h2-3,6-7,16H,1,4-5,8-14H2,(H,24,27). The van der Waals surface area contributed by atoms with Crippen molar-refractivity contribution in [3.63, 3.8) is 0 Å². The van der Waals surface area contributed by atoms with Crippen molar-refractivity contribution in [2.45, 2.75) is 55.4 Å². The number of benzene rings is 1. The number of amides is 1. The highest BCUT2D eigenvalue weighted by atomic mass is 32.2. The number of hydrogen-bond donors (Lipinski definition) is 1. The second-order valence-electron chi connectivity index (χ2n) is 8.56. The van der Waals surface area contributed by atoms with E-state index < -0.39 is 34.0 Å². The number of fused-ring (bicyclic) bond motifs is 1. The highest BCUT2D eigenvalue weighted by Crippen LogP contribution is 2.30. The average molecular weight is 459 g/mol. The minimum atomic E-state index is -3.68. The van der Waals surface area contributed by atoms with Crippen molar-refractivity contribution >= 4 is 27.7 Å². The van der Waals surface area contributed by atoms with Crippen molar-refractivity contribution in [3.05, 3.63) is 29.8 Å². The molecule has 32 heavy (non-hydrogen) atoms. The molecule has 1 aromatic carbocycles. The molecule has 0 bridgehead atoms. The predicted octanol–water partition coefficient (Wildman–Crippen LogP) is 1.73. The van der Waals surface area contributed by atoms with Crippen LogP contribution in [-0.2, 0) is 24.3 Å². The lowest BCUT2D eigenvalue weighted by atomic mass is 9.83. The van der Waals surface area contributed by atoms with Crippen molar-refractivity contribution < 1.29 is 22.7 Å². The van der Waals surface area contributed by atoms with E-state index >= 15 is 0 Å². The fourth-order valence-corrected chi connectivity index (χ4v) is 5.85. The number of amidine groups is 1. The van der Waals surface area contributed by atoms with Gasteiger partial charge in [-0.2, -0.15) is 13.7 Å². The molecule has 1 aliphatic carbocycles. The van der Waals surface area contributed by atoms with E-state index in [2.05, 4.69) is 15.8 Å². The topological polar surface area (TPSA) is 129 Å². The summed E-state index contributed by atoms with van der Waals surface area (Å²) in [5.74, 6) is -0.856. The Bertz CT molecular complexity index is 1080. The maximum atomic E-state index is 12.5. The third-order valence-corrected chi connectivity index (χ3v) is 7.71. The number of rotatable bonds is 4. The molecule has 10 heteroatoms. The molecular formula is C22H26N4O5S. The first kappa shape index (κ1) is 22.3. The van der Waals surface area contributed by atoms with Crippen LogP contribution >= 0.6 is 0 Å². The van der Waals surface area contributed by atoms with E-state index in [-0.39, 0.29) is 10.8 Å². The van der Waals surface area contributed by atoms with Crippen LogP contribution in [0.2, 0.25) is 0 Å². The number of nitrogens with one attached hydrogen (secondary N) is 1. The summed E-state index contributed by atoms with van der Waals surface area (Å²) in [7, 11) is -3.68. The molecule has 0 spiro atoms. The summed E-state index contributed by atoms with van der Waals surface area (Å²) in [6, 6.07) is 8.93. The Kier molecular flexibility index (Phi) is 6.20. The zero-order valence-corrected chi connectivity index (χ0v) is 18.6. The van der Waals surface area contributed by atoms with Gasteiger partial charge >= 0.3 is 5.97 Å². The zero-order valence-electron chi connectivity index (χ0n) is 17.7. The number of piperidine rings is 1. The Labute approximate surface area is 187 Å². The molecule has 4 rings (SSSR count). The lowest BCUT2D eigenvalue weighted by Gasteiger charge is -2.32. The van der Waals surface area contributed by atoms with Crippen molar-refractivity contribution in [2.75, 3.05) is 19.7 Å². The van der Waals surface area contributed by atoms with Gasteiger partial charge in [-0.15, -0.1) is 4.40 Å². The average Bonchev–Trinajstić information content (AvgIpc) is 3.09. The molecule has 0 aromatic heterocycles. The largest absolute Gasteiger partial charge is 0.455 e. The quantitative estimate of drug-likeness (QED) is 0.680. The van der Waals surface area contributed by atoms with E-state index in [9.17, 15) is 23.3 Å². The Balaban J connectivity index is 1.28. The molecule has 3 aliphatic rings. The van der Waals surface area contributed by atoms with Gasteiger partial charge in [0.15, 0.2) is 12.4 Å². The van der Waals surface area contributed by atoms with Crippen LogP contribution in [0.5, 0.6) is 0 Å². The number of sulfonamides is 1. The number of ether oxygens (including phenoxy) is 1. The Morgan fingerprint density at radius 1 is 1.19 bits per heavy atom. The highest BCUT2D eigenvalue weighted by molar-refractivity contribution is 7.90. The number of nitriles is 1. The number of likely N-dealkylation sites (tertiary alicyclic amines) is 1. The van der Waals surface area contributed by atoms with Crippen LogP contribution in [0.4, 0.5) is 0 Å². The lowest BCUT2D eigenvalue weighted by Crippen LogP contribution is -2.50. The molecule has 2 aliphatic heterocycles. The fraction of sp³-hybridized carbons (Fsp3) is 0.545. The minimum Gasteiger partial charge on any atom is -0.455 e. The molecule has 1 amide bonds. The molecule has 9 nitrogen and oxygen atoms in total. The molecule has 1 N–H and O–H groups in total. The molecule has 1 saturated carbocycles. The van der Waals surface area contributed by atoms with Gasteiger partial charge in [-0.05, 0) is 37.8 Å². The minimum absolute atomic E-state index is 0.204. The fourth-order valence-electron chi connectivity index (χ4n) is 4.62. The number of nitrogens with zero attached hydrogens (tertiary/aromatic N) is 3. The van der Waals surface area contributed by atoms with Crippen LogP contribution in [0.25, 0.3) is 0 Å². The van der Waals surface area contributed by atoms with Gasteiger partial charge < -0.3 is 15.0 Å². The van der Waals surface area contributed by atoms with Gasteiger partial charge in [0.1, 0.15) is 10.4 Å². The van der Waals surface area contributed by atoms with Crippen LogP contribution < -0.4 is 5.32 Å². The molecule has 0 atom stereocenters. The van der Waals surface area contributed by atoms with Crippen molar-refractivity contribution in [1.29, 1.82) is 5.26 Å². The van der Waals surface area contributed by atoms with E-state index in [1.54, 1.807) is 24.3 Å². The van der Waals surface area contributed by atoms with Gasteiger partial charge in [-0.1, -0.05) is 31.4 Å². The first-order chi connectivity index (χ1) is 15.3. The van der Waals surface area contributed by atoms with Crippen LogP contribution in [-0.4, -0.2) is 56.3 Å². The van der Waals surface area contributed by atoms with Gasteiger partial charge in [-0.3, -0.25) is 9.59 Å². The molecule has 2 heterocycles. The van der Waals surface area contributed by atoms with E-state index in [0.717, 1.165) is 19.3 Å². The van der Waals surface area contributed by atoms with Gasteiger partial charge in [0, 0.05) is 18.7 Å². The van der Waals surface area contributed by atoms with E-state index in [4.69, 9.17) is 4.74 Å². The van der Waals surface area contributed by atoms with Crippen LogP contribution in [0.1, 0.15) is 50.5 Å². The summed E-state index contributed by atoms with van der Waals surface area (Å²) in [6.07, 6.45) is 5.02. The summed E-state index contributed by atoms with van der Waals surface area (Å²) < 4.78 is 33.7. The van der Waals surface area contributed by atoms with E-state index in [1.807, 2.05) is 4.90 Å². The number of hydrogen-bond acceptors (Lipinski definition) is 7. The van der Waals surface area contributed by atoms with Crippen molar-refractivity contribution in [2.24, 2.45) is 10.3 Å². The SMILES string of the molecule is N#CC1(NC(=O)COC(=O)C2CCN(C3=NS(=O)(=O)c4ccccc43)CC2)CCCCC1. The number of esters is 1. The monoisotopic (exact) mass is 458 g/mol. The van der Waals surface area contributed by atoms with Crippen LogP contribution in [0.3, 0.4) is 0 Å². The first-order valence-corrected chi connectivity index (χ1v) is 12.4. The second-order valence-corrected chi connectivity index (χ2v) is 10.1. The Hall–Kier alpha value is -2.93. The molecule has 0 unspecified atom stereocenters. The third kappa shape index (κ3) is 4.48. The predicted molar refractivity (Wildman–Crippen MR) is 115 cm³/mol. The molecule has 0 radical (unpaired) electrons. The molecule has 1 aromatic rings. The highest BCUT2D eigenvalue weighted by Gasteiger charge is 2.36. The van der Waals surface area contributed by atoms with Crippen LogP contribution in [0, 0.1) is 17.2 Å². The van der Waals surface area contributed by atoms with Gasteiger partial charge in [0.2, 0.25) is 0 Å². The molecule has 1 saturated heterocycles. The summed E-state index contributed by atoms with van der Waals surface area (Å²) in [6.45, 7) is 0.527. The summed E-state index contributed by atoms with van der Waals surface area (Å²) in [5, 5.41) is 12.2. The Morgan fingerprint density at radius 3 is 2.56 bits per heavy atom. The Morgan fingerprint density at radius 2 is 1.88 bits per heavy atom. The lowest BCUT2D eigenvalue weighted by molar-refractivity contribution is -0.154. The van der Waals surface area contributed by atoms with Gasteiger partial charge in [0.05, 0.1) is 12.0 Å². The molecule has 170 valence electrons. The number of carbonyl (C=O) groups excluding carboxylic acids is 2. The third-order valence-electron chi connectivity index (χ3n) is 6.39. The van der Waals surface area contributed by atoms with Crippen molar-refractivity contribution in [1.82, 2.24) is 10.2 Å². The van der Waals surface area contributed by atoms with Gasteiger partial charge in [-0.25, -0.2) is 0 Å². The zero-order chi connectivity index (χ0) is 22.8. The molecule has 2 fully saturated rings. The second kappa shape index (κ2) is 8.90. The van der Waals surface area contributed by atoms with E-state index in [1.165, 1.54) is 0 Å². The van der Waals surface area contributed by atoms with Crippen molar-refractivity contribution in [3.8, 4) is 6.07 Å². The summed E-state index contributed by atoms with van der Waals surface area (Å²) >= 11 is 0. The maximum absolute atomic E-state index is 12.5. The summed E-state index contributed by atoms with van der Waals surface area (Å²) in [5.41, 5.74) is -0.273. The smallest absolute Gasteiger partial charge is 0.309 e. The first-order valence-electron chi connectivity index (χ1n) is 10.9. The normalized spacial score (nSPS) is 21.7. The van der Waals surface area contributed by atoms with Gasteiger partial charge in [0.25, 0.3) is 15.9 Å². The maximum Gasteiger partial charge on any atom is 0.309 e. The molecular weight excluding hydrogens is 432 g/mol. The number of carbonyl (C=O) groups is 2. The van der Waals surface area contributed by atoms with E-state index in [0.29, 0.717) is 50.2 Å². The van der Waals surface area contributed by atoms with Crippen LogP contribution in [0.15, 0.2) is 33.6 Å². The summed E-state index contributed by atoms with van der Waals surface area (Å²) in [4.78, 5) is 26.8.